The van der Waals surface area contributed by atoms with Crippen LogP contribution in [0.2, 0.25) is 0 Å². The molecule has 4 heteroatoms. The summed E-state index contributed by atoms with van der Waals surface area (Å²) in [5.41, 5.74) is 4.80. The number of aryl methyl sites for hydroxylation is 1. The molecule has 2 aromatic carbocycles. The minimum Gasteiger partial charge on any atom is -0.371 e. The van der Waals surface area contributed by atoms with Crippen LogP contribution in [-0.4, -0.2) is 36.2 Å². The van der Waals surface area contributed by atoms with Gasteiger partial charge in [-0.05, 0) is 81.6 Å². The van der Waals surface area contributed by atoms with Gasteiger partial charge in [-0.2, -0.15) is 0 Å². The van der Waals surface area contributed by atoms with Crippen LogP contribution in [0.1, 0.15) is 49.8 Å². The summed E-state index contributed by atoms with van der Waals surface area (Å²) in [7, 11) is 0. The number of nitrogens with zero attached hydrogens (tertiary/aromatic N) is 3. The van der Waals surface area contributed by atoms with Gasteiger partial charge in [0.25, 0.3) is 0 Å². The van der Waals surface area contributed by atoms with Crippen LogP contribution in [0.5, 0.6) is 0 Å². The predicted molar refractivity (Wildman–Crippen MR) is 123 cm³/mol. The van der Waals surface area contributed by atoms with Gasteiger partial charge in [0.05, 0.1) is 5.69 Å². The molecule has 2 fully saturated rings. The molecule has 0 spiro atoms. The van der Waals surface area contributed by atoms with E-state index in [1.54, 1.807) is 0 Å². The molecular formula is C26H33N3O. The van der Waals surface area contributed by atoms with E-state index in [-0.39, 0.29) is 0 Å². The molecule has 30 heavy (non-hydrogen) atoms. The molecule has 0 atom stereocenters. The smallest absolute Gasteiger partial charge is 0.169 e. The van der Waals surface area contributed by atoms with E-state index in [1.807, 2.05) is 0 Å². The maximum atomic E-state index is 5.72. The first-order valence-corrected chi connectivity index (χ1v) is 11.7. The summed E-state index contributed by atoms with van der Waals surface area (Å²) in [6.07, 6.45) is 8.78. The molecule has 0 radical (unpaired) electrons. The number of benzene rings is 2. The number of fused-ring (bicyclic) bond motifs is 1. The highest BCUT2D eigenvalue weighted by molar-refractivity contribution is 5.83. The van der Waals surface area contributed by atoms with Crippen molar-refractivity contribution in [3.63, 3.8) is 0 Å². The Labute approximate surface area is 179 Å². The quantitative estimate of drug-likeness (QED) is 0.531. The second-order valence-corrected chi connectivity index (χ2v) is 9.10. The molecule has 0 bridgehead atoms. The molecule has 0 N–H and O–H groups in total. The summed E-state index contributed by atoms with van der Waals surface area (Å²) < 4.78 is 5.72. The lowest BCUT2D eigenvalue weighted by Crippen LogP contribution is -2.33. The van der Waals surface area contributed by atoms with Crippen molar-refractivity contribution in [3.8, 4) is 0 Å². The van der Waals surface area contributed by atoms with Crippen molar-refractivity contribution < 1.29 is 4.52 Å². The highest BCUT2D eigenvalue weighted by Crippen LogP contribution is 2.29. The van der Waals surface area contributed by atoms with Gasteiger partial charge in [0.1, 0.15) is 0 Å². The van der Waals surface area contributed by atoms with Gasteiger partial charge in [-0.15, -0.1) is 0 Å². The van der Waals surface area contributed by atoms with E-state index in [1.165, 1.54) is 68.3 Å². The van der Waals surface area contributed by atoms with Crippen LogP contribution in [0.3, 0.4) is 0 Å². The molecule has 158 valence electrons. The van der Waals surface area contributed by atoms with Gasteiger partial charge in [0.2, 0.25) is 0 Å². The minimum absolute atomic E-state index is 0.802. The number of rotatable bonds is 6. The van der Waals surface area contributed by atoms with Crippen molar-refractivity contribution in [2.45, 2.75) is 51.5 Å². The Bertz CT molecular complexity index is 937. The first-order valence-electron chi connectivity index (χ1n) is 11.7. The van der Waals surface area contributed by atoms with E-state index in [4.69, 9.17) is 4.52 Å². The van der Waals surface area contributed by atoms with Crippen LogP contribution >= 0.6 is 0 Å². The summed E-state index contributed by atoms with van der Waals surface area (Å²) >= 11 is 0. The van der Waals surface area contributed by atoms with E-state index in [9.17, 15) is 0 Å². The largest absolute Gasteiger partial charge is 0.371 e. The molecule has 2 aliphatic heterocycles. The Morgan fingerprint density at radius 2 is 1.70 bits per heavy atom. The van der Waals surface area contributed by atoms with Crippen molar-refractivity contribution in [1.82, 2.24) is 10.1 Å². The fourth-order valence-corrected chi connectivity index (χ4v) is 5.12. The minimum atomic E-state index is 0.802. The van der Waals surface area contributed by atoms with Crippen LogP contribution < -0.4 is 4.90 Å². The SMILES string of the molecule is c1ccc(CN2CCC(CCc3noc4cc(N5CCCCC5)ccc34)CC2)cc1. The average molecular weight is 404 g/mol. The number of anilines is 1. The maximum absolute atomic E-state index is 5.72. The lowest BCUT2D eigenvalue weighted by Gasteiger charge is -2.32. The molecule has 0 unspecified atom stereocenters. The fourth-order valence-electron chi connectivity index (χ4n) is 5.12. The Morgan fingerprint density at radius 3 is 2.50 bits per heavy atom. The van der Waals surface area contributed by atoms with Gasteiger partial charge >= 0.3 is 0 Å². The van der Waals surface area contributed by atoms with Gasteiger partial charge in [0.15, 0.2) is 5.58 Å². The highest BCUT2D eigenvalue weighted by atomic mass is 16.5. The summed E-state index contributed by atoms with van der Waals surface area (Å²) in [4.78, 5) is 5.08. The van der Waals surface area contributed by atoms with Crippen LogP contribution in [0.4, 0.5) is 5.69 Å². The normalized spacial score (nSPS) is 18.9. The monoisotopic (exact) mass is 403 g/mol. The Kier molecular flexibility index (Phi) is 6.03. The van der Waals surface area contributed by atoms with Gasteiger partial charge < -0.3 is 9.42 Å². The maximum Gasteiger partial charge on any atom is 0.169 e. The second-order valence-electron chi connectivity index (χ2n) is 9.10. The number of likely N-dealkylation sites (tertiary alicyclic amines) is 1. The van der Waals surface area contributed by atoms with Gasteiger partial charge in [-0.25, -0.2) is 0 Å². The molecule has 0 amide bonds. The number of piperidine rings is 2. The topological polar surface area (TPSA) is 32.5 Å². The molecule has 2 aliphatic rings. The molecule has 1 aromatic heterocycles. The van der Waals surface area contributed by atoms with Gasteiger partial charge in [0, 0.05) is 36.8 Å². The average Bonchev–Trinajstić information content (AvgIpc) is 3.22. The molecule has 2 saturated heterocycles. The standard InChI is InChI=1S/C26H33N3O/c1-3-7-22(8-4-1)20-28-17-13-21(14-18-28)9-12-25-24-11-10-23(19-26(24)30-27-25)29-15-5-2-6-16-29/h1,3-4,7-8,10-11,19,21H,2,5-6,9,12-18,20H2. The predicted octanol–water partition coefficient (Wildman–Crippen LogP) is 5.66. The number of hydrogen-bond donors (Lipinski definition) is 0. The molecule has 5 rings (SSSR count). The zero-order valence-electron chi connectivity index (χ0n) is 17.9. The van der Waals surface area contributed by atoms with E-state index in [0.29, 0.717) is 0 Å². The Morgan fingerprint density at radius 1 is 0.900 bits per heavy atom. The van der Waals surface area contributed by atoms with Gasteiger partial charge in [-0.1, -0.05) is 35.5 Å². The zero-order valence-corrected chi connectivity index (χ0v) is 17.9. The third-order valence-electron chi connectivity index (χ3n) is 7.00. The van der Waals surface area contributed by atoms with Crippen LogP contribution in [-0.2, 0) is 13.0 Å². The molecule has 0 aliphatic carbocycles. The molecule has 0 saturated carbocycles. The van der Waals surface area contributed by atoms with E-state index in [2.05, 4.69) is 63.5 Å². The van der Waals surface area contributed by atoms with E-state index in [0.717, 1.165) is 43.2 Å². The first-order chi connectivity index (χ1) is 14.8. The summed E-state index contributed by atoms with van der Waals surface area (Å²) in [5, 5.41) is 5.64. The van der Waals surface area contributed by atoms with E-state index >= 15 is 0 Å². The lowest BCUT2D eigenvalue weighted by atomic mass is 9.91. The molecule has 4 nitrogen and oxygen atoms in total. The van der Waals surface area contributed by atoms with E-state index < -0.39 is 0 Å². The van der Waals surface area contributed by atoms with Crippen molar-refractivity contribution in [3.05, 3.63) is 59.8 Å². The first kappa shape index (κ1) is 19.6. The van der Waals surface area contributed by atoms with Crippen LogP contribution in [0.25, 0.3) is 11.0 Å². The van der Waals surface area contributed by atoms with Crippen LogP contribution in [0, 0.1) is 5.92 Å². The Balaban J connectivity index is 1.14. The van der Waals surface area contributed by atoms with Crippen LogP contribution in [0.15, 0.2) is 53.1 Å². The Hall–Kier alpha value is -2.33. The lowest BCUT2D eigenvalue weighted by molar-refractivity contribution is 0.172. The third-order valence-corrected chi connectivity index (χ3v) is 7.00. The van der Waals surface area contributed by atoms with Gasteiger partial charge in [-0.3, -0.25) is 4.90 Å². The summed E-state index contributed by atoms with van der Waals surface area (Å²) in [5.74, 6) is 0.802. The molecular weight excluding hydrogens is 370 g/mol. The summed E-state index contributed by atoms with van der Waals surface area (Å²) in [6, 6.07) is 17.5. The summed E-state index contributed by atoms with van der Waals surface area (Å²) in [6.45, 7) is 5.82. The molecule has 3 heterocycles. The zero-order chi connectivity index (χ0) is 20.2. The number of aromatic nitrogens is 1. The van der Waals surface area contributed by atoms with Crippen molar-refractivity contribution in [1.29, 1.82) is 0 Å². The third kappa shape index (κ3) is 4.54. The molecule has 3 aromatic rings. The second kappa shape index (κ2) is 9.22. The fraction of sp³-hybridized carbons (Fsp3) is 0.500. The van der Waals surface area contributed by atoms with Crippen molar-refractivity contribution in [2.75, 3.05) is 31.1 Å². The number of hydrogen-bond acceptors (Lipinski definition) is 4. The van der Waals surface area contributed by atoms with Crippen molar-refractivity contribution >= 4 is 16.7 Å². The van der Waals surface area contributed by atoms with Crippen molar-refractivity contribution in [2.24, 2.45) is 5.92 Å². The highest BCUT2D eigenvalue weighted by Gasteiger charge is 2.20.